The van der Waals surface area contributed by atoms with Crippen LogP contribution >= 0.6 is 0 Å². The van der Waals surface area contributed by atoms with E-state index in [-0.39, 0.29) is 6.61 Å². The molecule has 0 heterocycles. The third-order valence-corrected chi connectivity index (χ3v) is 2.82. The molecule has 84 valence electrons. The summed E-state index contributed by atoms with van der Waals surface area (Å²) < 4.78 is 5.30. The SMILES string of the molecule is CNC(C)(CO)c1cc(C)ccc1OC. The summed E-state index contributed by atoms with van der Waals surface area (Å²) >= 11 is 0. The lowest BCUT2D eigenvalue weighted by atomic mass is 9.91. The monoisotopic (exact) mass is 209 g/mol. The van der Waals surface area contributed by atoms with E-state index >= 15 is 0 Å². The first-order valence-electron chi connectivity index (χ1n) is 5.02. The molecular formula is C12H19NO2. The van der Waals surface area contributed by atoms with E-state index in [4.69, 9.17) is 4.74 Å². The minimum Gasteiger partial charge on any atom is -0.496 e. The largest absolute Gasteiger partial charge is 0.496 e. The number of hydrogen-bond acceptors (Lipinski definition) is 3. The lowest BCUT2D eigenvalue weighted by molar-refractivity contribution is 0.180. The van der Waals surface area contributed by atoms with E-state index < -0.39 is 5.54 Å². The van der Waals surface area contributed by atoms with Gasteiger partial charge in [0.15, 0.2) is 0 Å². The van der Waals surface area contributed by atoms with Gasteiger partial charge in [-0.15, -0.1) is 0 Å². The minimum atomic E-state index is -0.461. The maximum Gasteiger partial charge on any atom is 0.124 e. The summed E-state index contributed by atoms with van der Waals surface area (Å²) in [6.07, 6.45) is 0. The van der Waals surface area contributed by atoms with Crippen molar-refractivity contribution in [3.63, 3.8) is 0 Å². The predicted molar refractivity (Wildman–Crippen MR) is 61.2 cm³/mol. The molecule has 0 fully saturated rings. The third-order valence-electron chi connectivity index (χ3n) is 2.82. The second kappa shape index (κ2) is 4.64. The van der Waals surface area contributed by atoms with Gasteiger partial charge in [0.2, 0.25) is 0 Å². The molecule has 3 nitrogen and oxygen atoms in total. The van der Waals surface area contributed by atoms with Gasteiger partial charge in [0, 0.05) is 5.56 Å². The van der Waals surface area contributed by atoms with Crippen LogP contribution in [0.4, 0.5) is 0 Å². The van der Waals surface area contributed by atoms with Gasteiger partial charge in [0.1, 0.15) is 5.75 Å². The van der Waals surface area contributed by atoms with Gasteiger partial charge < -0.3 is 15.2 Å². The smallest absolute Gasteiger partial charge is 0.124 e. The first-order chi connectivity index (χ1) is 7.07. The van der Waals surface area contributed by atoms with Gasteiger partial charge >= 0.3 is 0 Å². The van der Waals surface area contributed by atoms with Gasteiger partial charge in [0.25, 0.3) is 0 Å². The summed E-state index contributed by atoms with van der Waals surface area (Å²) in [4.78, 5) is 0. The van der Waals surface area contributed by atoms with Gasteiger partial charge in [-0.1, -0.05) is 17.7 Å². The summed E-state index contributed by atoms with van der Waals surface area (Å²) in [6.45, 7) is 4.00. The lowest BCUT2D eigenvalue weighted by Gasteiger charge is -2.29. The number of ether oxygens (including phenoxy) is 1. The minimum absolute atomic E-state index is 0.0311. The Bertz CT molecular complexity index is 332. The number of benzene rings is 1. The number of aliphatic hydroxyl groups excluding tert-OH is 1. The Morgan fingerprint density at radius 1 is 1.47 bits per heavy atom. The molecule has 1 rings (SSSR count). The Labute approximate surface area is 91.1 Å². The predicted octanol–water partition coefficient (Wildman–Crippen LogP) is 1.43. The number of hydrogen-bond donors (Lipinski definition) is 2. The normalized spacial score (nSPS) is 14.7. The summed E-state index contributed by atoms with van der Waals surface area (Å²) in [6, 6.07) is 5.96. The molecule has 0 aliphatic rings. The van der Waals surface area contributed by atoms with Crippen LogP contribution in [0.1, 0.15) is 18.1 Å². The Morgan fingerprint density at radius 2 is 2.13 bits per heavy atom. The van der Waals surface area contributed by atoms with Crippen LogP contribution in [0, 0.1) is 6.92 Å². The van der Waals surface area contributed by atoms with E-state index in [0.29, 0.717) is 0 Å². The van der Waals surface area contributed by atoms with Crippen molar-refractivity contribution in [2.24, 2.45) is 0 Å². The molecule has 15 heavy (non-hydrogen) atoms. The molecule has 0 aliphatic heterocycles. The molecule has 0 amide bonds. The number of rotatable bonds is 4. The lowest BCUT2D eigenvalue weighted by Crippen LogP contribution is -2.40. The fourth-order valence-corrected chi connectivity index (χ4v) is 1.55. The van der Waals surface area contributed by atoms with Crippen LogP contribution in [0.25, 0.3) is 0 Å². The highest BCUT2D eigenvalue weighted by Crippen LogP contribution is 2.30. The number of methoxy groups -OCH3 is 1. The van der Waals surface area contributed by atoms with Crippen LogP contribution in [0.5, 0.6) is 5.75 Å². The molecule has 1 aromatic rings. The highest BCUT2D eigenvalue weighted by molar-refractivity contribution is 5.41. The van der Waals surface area contributed by atoms with Crippen LogP contribution in [0.3, 0.4) is 0 Å². The molecule has 3 heteroatoms. The Morgan fingerprint density at radius 3 is 2.60 bits per heavy atom. The van der Waals surface area contributed by atoms with E-state index in [0.717, 1.165) is 16.9 Å². The zero-order valence-electron chi connectivity index (χ0n) is 9.79. The molecule has 0 bridgehead atoms. The number of likely N-dealkylation sites (N-methyl/N-ethyl adjacent to an activating group) is 1. The molecule has 0 spiro atoms. The van der Waals surface area contributed by atoms with Crippen LogP contribution in [0.15, 0.2) is 18.2 Å². The number of nitrogens with one attached hydrogen (secondary N) is 1. The first kappa shape index (κ1) is 12.0. The van der Waals surface area contributed by atoms with Crippen molar-refractivity contribution in [2.75, 3.05) is 20.8 Å². The number of aryl methyl sites for hydroxylation is 1. The average molecular weight is 209 g/mol. The summed E-state index contributed by atoms with van der Waals surface area (Å²) in [5, 5.41) is 12.5. The highest BCUT2D eigenvalue weighted by atomic mass is 16.5. The van der Waals surface area contributed by atoms with E-state index in [1.165, 1.54) is 0 Å². The summed E-state index contributed by atoms with van der Waals surface area (Å²) in [7, 11) is 3.47. The molecule has 1 aromatic carbocycles. The van der Waals surface area contributed by atoms with Crippen molar-refractivity contribution in [1.82, 2.24) is 5.32 Å². The molecule has 2 N–H and O–H groups in total. The summed E-state index contributed by atoms with van der Waals surface area (Å²) in [5.74, 6) is 0.798. The standard InChI is InChI=1S/C12H19NO2/c1-9-5-6-11(15-4)10(7-9)12(2,8-14)13-3/h5-7,13-14H,8H2,1-4H3. The maximum absolute atomic E-state index is 9.43. The van der Waals surface area contributed by atoms with Crippen molar-refractivity contribution in [3.8, 4) is 5.75 Å². The van der Waals surface area contributed by atoms with Crippen molar-refractivity contribution in [2.45, 2.75) is 19.4 Å². The Kier molecular flexibility index (Phi) is 3.72. The fourth-order valence-electron chi connectivity index (χ4n) is 1.55. The van der Waals surface area contributed by atoms with Crippen molar-refractivity contribution in [3.05, 3.63) is 29.3 Å². The quantitative estimate of drug-likeness (QED) is 0.788. The molecule has 0 aliphatic carbocycles. The van der Waals surface area contributed by atoms with E-state index in [1.807, 2.05) is 39.1 Å². The van der Waals surface area contributed by atoms with Gasteiger partial charge in [-0.05, 0) is 27.0 Å². The number of aliphatic hydroxyl groups is 1. The molecule has 1 atom stereocenters. The topological polar surface area (TPSA) is 41.5 Å². The molecule has 0 saturated heterocycles. The van der Waals surface area contributed by atoms with Gasteiger partial charge in [-0.2, -0.15) is 0 Å². The zero-order valence-corrected chi connectivity index (χ0v) is 9.79. The van der Waals surface area contributed by atoms with Crippen LogP contribution in [0.2, 0.25) is 0 Å². The molecule has 0 aromatic heterocycles. The van der Waals surface area contributed by atoms with Crippen LogP contribution < -0.4 is 10.1 Å². The summed E-state index contributed by atoms with van der Waals surface area (Å²) in [5.41, 5.74) is 1.67. The van der Waals surface area contributed by atoms with E-state index in [2.05, 4.69) is 5.32 Å². The van der Waals surface area contributed by atoms with Crippen LogP contribution in [-0.2, 0) is 5.54 Å². The fraction of sp³-hybridized carbons (Fsp3) is 0.500. The molecule has 0 radical (unpaired) electrons. The highest BCUT2D eigenvalue weighted by Gasteiger charge is 2.27. The molecule has 0 saturated carbocycles. The maximum atomic E-state index is 9.43. The third kappa shape index (κ3) is 2.30. The van der Waals surface area contributed by atoms with Crippen molar-refractivity contribution in [1.29, 1.82) is 0 Å². The second-order valence-electron chi connectivity index (χ2n) is 3.94. The molecular weight excluding hydrogens is 190 g/mol. The van der Waals surface area contributed by atoms with Gasteiger partial charge in [0.05, 0.1) is 19.3 Å². The second-order valence-corrected chi connectivity index (χ2v) is 3.94. The average Bonchev–Trinajstić information content (AvgIpc) is 2.28. The van der Waals surface area contributed by atoms with Gasteiger partial charge in [-0.25, -0.2) is 0 Å². The zero-order chi connectivity index (χ0) is 11.5. The van der Waals surface area contributed by atoms with Crippen molar-refractivity contribution >= 4 is 0 Å². The van der Waals surface area contributed by atoms with Gasteiger partial charge in [-0.3, -0.25) is 0 Å². The Balaban J connectivity index is 3.26. The Hall–Kier alpha value is -1.06. The van der Waals surface area contributed by atoms with E-state index in [9.17, 15) is 5.11 Å². The van der Waals surface area contributed by atoms with Crippen molar-refractivity contribution < 1.29 is 9.84 Å². The molecule has 1 unspecified atom stereocenters. The van der Waals surface area contributed by atoms with Crippen LogP contribution in [-0.4, -0.2) is 25.9 Å². The van der Waals surface area contributed by atoms with E-state index in [1.54, 1.807) is 7.11 Å². The first-order valence-corrected chi connectivity index (χ1v) is 5.02.